The summed E-state index contributed by atoms with van der Waals surface area (Å²) in [6.07, 6.45) is 4.84. The number of fused-ring (bicyclic) bond motifs is 1. The van der Waals surface area contributed by atoms with Crippen LogP contribution in [0.3, 0.4) is 0 Å². The van der Waals surface area contributed by atoms with Gasteiger partial charge in [0.1, 0.15) is 11.7 Å². The second-order valence-electron chi connectivity index (χ2n) is 6.25. The minimum absolute atomic E-state index is 0.0107. The van der Waals surface area contributed by atoms with Crippen LogP contribution in [0.1, 0.15) is 22.5 Å². The molecule has 158 valence electrons. The zero-order valence-electron chi connectivity index (χ0n) is 16.0. The molecule has 10 heteroatoms. The first-order chi connectivity index (χ1) is 14.5. The van der Waals surface area contributed by atoms with Crippen molar-refractivity contribution in [2.75, 3.05) is 18.8 Å². The van der Waals surface area contributed by atoms with E-state index in [9.17, 15) is 19.5 Å². The molecule has 30 heavy (non-hydrogen) atoms. The third kappa shape index (κ3) is 5.35. The summed E-state index contributed by atoms with van der Waals surface area (Å²) in [6, 6.07) is 6.91. The molecule has 9 nitrogen and oxygen atoms in total. The fraction of sp³-hybridized carbons (Fsp3) is 0.250. The van der Waals surface area contributed by atoms with E-state index in [-0.39, 0.29) is 24.7 Å². The minimum atomic E-state index is -1.16. The maximum atomic E-state index is 12.8. The molecule has 2 aromatic rings. The standard InChI is InChI=1S/C20H20N2O7S/c1-30-8-6-13(20(25)26)21-18(23)14(22-19(24)16-3-2-7-27-16)9-12-4-5-15-17(10-12)29-11-28-15/h2-5,7,9-10,13H,6,8,11H2,1H3,(H,21,23)(H,22,24)(H,25,26). The van der Waals surface area contributed by atoms with E-state index in [1.807, 2.05) is 6.26 Å². The van der Waals surface area contributed by atoms with Crippen LogP contribution in [0.15, 0.2) is 46.7 Å². The average Bonchev–Trinajstić information content (AvgIpc) is 3.41. The molecule has 0 saturated heterocycles. The highest BCUT2D eigenvalue weighted by Gasteiger charge is 2.23. The summed E-state index contributed by atoms with van der Waals surface area (Å²) >= 11 is 1.47. The van der Waals surface area contributed by atoms with Crippen molar-refractivity contribution in [2.24, 2.45) is 0 Å². The zero-order valence-corrected chi connectivity index (χ0v) is 16.9. The second-order valence-corrected chi connectivity index (χ2v) is 7.23. The van der Waals surface area contributed by atoms with Crippen LogP contribution in [-0.2, 0) is 9.59 Å². The summed E-state index contributed by atoms with van der Waals surface area (Å²) in [5.41, 5.74) is 0.422. The molecule has 1 unspecified atom stereocenters. The molecule has 0 bridgehead atoms. The number of hydrogen-bond acceptors (Lipinski definition) is 7. The number of carboxylic acid groups (broad SMARTS) is 1. The van der Waals surface area contributed by atoms with Crippen molar-refractivity contribution in [3.63, 3.8) is 0 Å². The number of rotatable bonds is 9. The second kappa shape index (κ2) is 9.88. The normalized spacial score (nSPS) is 13.6. The van der Waals surface area contributed by atoms with Crippen LogP contribution in [0.25, 0.3) is 6.08 Å². The summed E-state index contributed by atoms with van der Waals surface area (Å²) < 4.78 is 15.6. The number of carbonyl (C=O) groups is 3. The Hall–Kier alpha value is -3.40. The number of amides is 2. The fourth-order valence-corrected chi connectivity index (χ4v) is 3.12. The molecule has 1 atom stereocenters. The van der Waals surface area contributed by atoms with Crippen LogP contribution in [0.2, 0.25) is 0 Å². The van der Waals surface area contributed by atoms with Crippen molar-refractivity contribution in [1.82, 2.24) is 10.6 Å². The van der Waals surface area contributed by atoms with E-state index in [1.54, 1.807) is 24.3 Å². The van der Waals surface area contributed by atoms with E-state index in [1.165, 1.54) is 30.2 Å². The summed E-state index contributed by atoms with van der Waals surface area (Å²) in [4.78, 5) is 36.7. The van der Waals surface area contributed by atoms with E-state index in [2.05, 4.69) is 10.6 Å². The number of nitrogens with one attached hydrogen (secondary N) is 2. The van der Waals surface area contributed by atoms with Crippen LogP contribution in [0.5, 0.6) is 11.5 Å². The fourth-order valence-electron chi connectivity index (χ4n) is 2.65. The number of aliphatic carboxylic acids is 1. The Bertz CT molecular complexity index is 956. The van der Waals surface area contributed by atoms with Gasteiger partial charge in [-0.05, 0) is 54.3 Å². The van der Waals surface area contributed by atoms with E-state index in [0.717, 1.165) is 0 Å². The van der Waals surface area contributed by atoms with Crippen LogP contribution in [-0.4, -0.2) is 47.7 Å². The van der Waals surface area contributed by atoms with Gasteiger partial charge in [0.05, 0.1) is 6.26 Å². The molecular formula is C20H20N2O7S. The smallest absolute Gasteiger partial charge is 0.326 e. The minimum Gasteiger partial charge on any atom is -0.480 e. The quantitative estimate of drug-likeness (QED) is 0.514. The first-order valence-corrected chi connectivity index (χ1v) is 10.4. The Morgan fingerprint density at radius 1 is 1.23 bits per heavy atom. The van der Waals surface area contributed by atoms with Gasteiger partial charge in [-0.15, -0.1) is 0 Å². The number of hydrogen-bond donors (Lipinski definition) is 3. The van der Waals surface area contributed by atoms with E-state index < -0.39 is 23.8 Å². The molecule has 0 fully saturated rings. The predicted molar refractivity (Wildman–Crippen MR) is 109 cm³/mol. The van der Waals surface area contributed by atoms with Crippen molar-refractivity contribution >= 4 is 35.6 Å². The van der Waals surface area contributed by atoms with Crippen molar-refractivity contribution in [3.8, 4) is 11.5 Å². The third-order valence-corrected chi connectivity index (χ3v) is 4.80. The van der Waals surface area contributed by atoms with Gasteiger partial charge in [-0.3, -0.25) is 9.59 Å². The molecule has 0 saturated carbocycles. The lowest BCUT2D eigenvalue weighted by Crippen LogP contribution is -2.44. The number of carbonyl (C=O) groups excluding carboxylic acids is 2. The average molecular weight is 432 g/mol. The summed E-state index contributed by atoms with van der Waals surface area (Å²) in [6.45, 7) is 0.0980. The highest BCUT2D eigenvalue weighted by molar-refractivity contribution is 7.98. The lowest BCUT2D eigenvalue weighted by atomic mass is 10.1. The molecule has 2 amide bonds. The van der Waals surface area contributed by atoms with Gasteiger partial charge in [-0.2, -0.15) is 11.8 Å². The van der Waals surface area contributed by atoms with Gasteiger partial charge in [-0.1, -0.05) is 6.07 Å². The maximum absolute atomic E-state index is 12.8. The Balaban J connectivity index is 1.85. The van der Waals surface area contributed by atoms with Crippen LogP contribution in [0.4, 0.5) is 0 Å². The monoisotopic (exact) mass is 432 g/mol. The number of benzene rings is 1. The molecule has 3 rings (SSSR count). The maximum Gasteiger partial charge on any atom is 0.326 e. The Morgan fingerprint density at radius 2 is 2.03 bits per heavy atom. The van der Waals surface area contributed by atoms with Crippen molar-refractivity contribution in [2.45, 2.75) is 12.5 Å². The molecule has 0 radical (unpaired) electrons. The summed E-state index contributed by atoms with van der Waals surface area (Å²) in [5, 5.41) is 14.3. The van der Waals surface area contributed by atoms with E-state index in [0.29, 0.717) is 22.8 Å². The van der Waals surface area contributed by atoms with Gasteiger partial charge in [0, 0.05) is 0 Å². The van der Waals surface area contributed by atoms with Gasteiger partial charge in [0.25, 0.3) is 11.8 Å². The van der Waals surface area contributed by atoms with E-state index >= 15 is 0 Å². The Morgan fingerprint density at radius 3 is 2.73 bits per heavy atom. The predicted octanol–water partition coefficient (Wildman–Crippen LogP) is 2.10. The van der Waals surface area contributed by atoms with Gasteiger partial charge in [0.15, 0.2) is 17.3 Å². The zero-order chi connectivity index (χ0) is 21.5. The van der Waals surface area contributed by atoms with Crippen LogP contribution in [0, 0.1) is 0 Å². The number of furan rings is 1. The number of thioether (sulfide) groups is 1. The SMILES string of the molecule is CSCCC(NC(=O)C(=Cc1ccc2c(c1)OCO2)NC(=O)c1ccco1)C(=O)O. The molecular weight excluding hydrogens is 412 g/mol. The van der Waals surface area contributed by atoms with Crippen LogP contribution < -0.4 is 20.1 Å². The molecule has 1 aliphatic heterocycles. The third-order valence-electron chi connectivity index (χ3n) is 4.16. The largest absolute Gasteiger partial charge is 0.480 e. The Kier molecular flexibility index (Phi) is 7.02. The Labute approximate surface area is 176 Å². The molecule has 1 aromatic heterocycles. The molecule has 0 aliphatic carbocycles. The van der Waals surface area contributed by atoms with Crippen LogP contribution >= 0.6 is 11.8 Å². The topological polar surface area (TPSA) is 127 Å². The van der Waals surface area contributed by atoms with Gasteiger partial charge in [0.2, 0.25) is 6.79 Å². The van der Waals surface area contributed by atoms with Crippen molar-refractivity contribution in [1.29, 1.82) is 0 Å². The lowest BCUT2D eigenvalue weighted by molar-refractivity contribution is -0.141. The molecule has 0 spiro atoms. The molecule has 2 heterocycles. The summed E-state index contributed by atoms with van der Waals surface area (Å²) in [7, 11) is 0. The van der Waals surface area contributed by atoms with Gasteiger partial charge < -0.3 is 29.6 Å². The van der Waals surface area contributed by atoms with Crippen molar-refractivity contribution < 1.29 is 33.4 Å². The van der Waals surface area contributed by atoms with Gasteiger partial charge >= 0.3 is 5.97 Å². The highest BCUT2D eigenvalue weighted by atomic mass is 32.2. The van der Waals surface area contributed by atoms with Crippen molar-refractivity contribution in [3.05, 3.63) is 53.6 Å². The number of ether oxygens (including phenoxy) is 2. The van der Waals surface area contributed by atoms with E-state index in [4.69, 9.17) is 13.9 Å². The molecule has 1 aromatic carbocycles. The number of carboxylic acids is 1. The summed E-state index contributed by atoms with van der Waals surface area (Å²) in [5.74, 6) is -0.894. The first-order valence-electron chi connectivity index (χ1n) is 8.96. The highest BCUT2D eigenvalue weighted by Crippen LogP contribution is 2.33. The lowest BCUT2D eigenvalue weighted by Gasteiger charge is -2.16. The molecule has 3 N–H and O–H groups in total. The van der Waals surface area contributed by atoms with Gasteiger partial charge in [-0.25, -0.2) is 4.79 Å². The first kappa shape index (κ1) is 21.3. The molecule has 1 aliphatic rings.